The Labute approximate surface area is 185 Å². The predicted octanol–water partition coefficient (Wildman–Crippen LogP) is 6.95. The second kappa shape index (κ2) is 7.31. The Morgan fingerprint density at radius 1 is 0.645 bits per heavy atom. The lowest BCUT2D eigenvalue weighted by atomic mass is 9.88. The third-order valence-electron chi connectivity index (χ3n) is 7.26. The summed E-state index contributed by atoms with van der Waals surface area (Å²) in [4.78, 5) is 0. The van der Waals surface area contributed by atoms with Gasteiger partial charge in [-0.05, 0) is 33.7 Å². The highest BCUT2D eigenvalue weighted by atomic mass is 31.1. The SMILES string of the molecule is N=Pc1cc2ccccc2c2c1C[N+]1(CCCC1)Cc1c(P=N)cc3ccccc3c1-2. The molecule has 0 unspecified atom stereocenters. The van der Waals surface area contributed by atoms with Crippen LogP contribution in [0.1, 0.15) is 24.0 Å². The summed E-state index contributed by atoms with van der Waals surface area (Å²) in [5, 5.41) is 24.0. The van der Waals surface area contributed by atoms with Crippen molar-refractivity contribution in [3.63, 3.8) is 0 Å². The second-order valence-corrected chi connectivity index (χ2v) is 10.4. The number of fused-ring (bicyclic) bond motifs is 7. The van der Waals surface area contributed by atoms with Crippen molar-refractivity contribution in [2.24, 2.45) is 0 Å². The standard InChI is InChI=1S/C26H24N3P2/c27-30-23-13-17-7-1-3-9-19(17)25-21(23)15-29(11-5-6-12-29)16-22-24(31-28)14-18-8-2-4-10-20(18)26(22)25/h1-4,7-10,13-14,27-28H,5-6,11-12,15-16H2/q+1. The Kier molecular flexibility index (Phi) is 4.54. The molecule has 0 radical (unpaired) electrons. The molecule has 2 N–H and O–H groups in total. The zero-order valence-electron chi connectivity index (χ0n) is 17.4. The van der Waals surface area contributed by atoms with Crippen LogP contribution in [0.2, 0.25) is 0 Å². The molecule has 31 heavy (non-hydrogen) atoms. The monoisotopic (exact) mass is 440 g/mol. The van der Waals surface area contributed by atoms with Crippen LogP contribution in [0.5, 0.6) is 0 Å². The van der Waals surface area contributed by atoms with Crippen molar-refractivity contribution in [3.8, 4) is 11.1 Å². The van der Waals surface area contributed by atoms with Gasteiger partial charge in [0.05, 0.1) is 13.1 Å². The molecule has 1 spiro atoms. The van der Waals surface area contributed by atoms with Gasteiger partial charge < -0.3 is 4.48 Å². The molecule has 5 heteroatoms. The molecule has 2 aliphatic heterocycles. The Bertz CT molecular complexity index is 1290. The van der Waals surface area contributed by atoms with E-state index >= 15 is 0 Å². The summed E-state index contributed by atoms with van der Waals surface area (Å²) in [5.41, 5.74) is 5.37. The normalized spacial score (nSPS) is 17.3. The molecular weight excluding hydrogens is 416 g/mol. The van der Waals surface area contributed by atoms with Gasteiger partial charge in [0, 0.05) is 62.4 Å². The number of quaternary nitrogens is 1. The quantitative estimate of drug-likeness (QED) is 0.250. The van der Waals surface area contributed by atoms with Crippen molar-refractivity contribution < 1.29 is 4.48 Å². The third-order valence-corrected chi connectivity index (χ3v) is 8.54. The van der Waals surface area contributed by atoms with Crippen molar-refractivity contribution in [2.75, 3.05) is 13.1 Å². The number of benzene rings is 4. The minimum absolute atomic E-state index is 0.591. The topological polar surface area (TPSA) is 47.7 Å². The number of hydrogen-bond acceptors (Lipinski definition) is 2. The van der Waals surface area contributed by atoms with Crippen molar-refractivity contribution in [1.29, 1.82) is 10.3 Å². The van der Waals surface area contributed by atoms with Crippen LogP contribution in [0.25, 0.3) is 32.7 Å². The van der Waals surface area contributed by atoms with Crippen LogP contribution < -0.4 is 10.6 Å². The number of nitrogens with zero attached hydrogens (tertiary/aromatic N) is 1. The van der Waals surface area contributed by atoms with E-state index in [4.69, 9.17) is 10.3 Å². The fourth-order valence-electron chi connectivity index (χ4n) is 5.89. The molecule has 3 nitrogen and oxygen atoms in total. The second-order valence-electron chi connectivity index (χ2n) is 8.98. The van der Waals surface area contributed by atoms with Gasteiger partial charge in [-0.3, -0.25) is 10.3 Å². The molecule has 2 aliphatic rings. The van der Waals surface area contributed by atoms with Gasteiger partial charge in [0.1, 0.15) is 13.1 Å². The smallest absolute Gasteiger partial charge is 0.106 e. The van der Waals surface area contributed by atoms with Crippen LogP contribution in [0.3, 0.4) is 0 Å². The Hall–Kier alpha value is -2.44. The highest BCUT2D eigenvalue weighted by Gasteiger charge is 2.39. The van der Waals surface area contributed by atoms with Gasteiger partial charge in [-0.1, -0.05) is 48.5 Å². The highest BCUT2D eigenvalue weighted by Crippen LogP contribution is 2.45. The van der Waals surface area contributed by atoms with E-state index in [-0.39, 0.29) is 0 Å². The largest absolute Gasteiger partial charge is 0.316 e. The maximum Gasteiger partial charge on any atom is 0.106 e. The molecule has 0 aliphatic carbocycles. The van der Waals surface area contributed by atoms with Crippen LogP contribution in [-0.2, 0) is 13.1 Å². The Morgan fingerprint density at radius 2 is 1.10 bits per heavy atom. The zero-order valence-corrected chi connectivity index (χ0v) is 19.1. The summed E-state index contributed by atoms with van der Waals surface area (Å²) in [6, 6.07) is 21.8. The molecule has 0 saturated carbocycles. The van der Waals surface area contributed by atoms with E-state index in [1.165, 1.54) is 69.7 Å². The maximum atomic E-state index is 8.35. The Balaban J connectivity index is 1.86. The zero-order chi connectivity index (χ0) is 21.0. The molecule has 0 atom stereocenters. The van der Waals surface area contributed by atoms with Crippen LogP contribution >= 0.6 is 16.7 Å². The van der Waals surface area contributed by atoms with Crippen LogP contribution in [0.15, 0.2) is 60.7 Å². The summed E-state index contributed by atoms with van der Waals surface area (Å²) in [5.74, 6) is 0. The lowest BCUT2D eigenvalue weighted by Crippen LogP contribution is -2.44. The molecule has 152 valence electrons. The first-order valence-corrected chi connectivity index (χ1v) is 12.7. The molecule has 0 aromatic heterocycles. The summed E-state index contributed by atoms with van der Waals surface area (Å²) in [7, 11) is 1.18. The summed E-state index contributed by atoms with van der Waals surface area (Å²) < 4.78 is 1.07. The van der Waals surface area contributed by atoms with E-state index < -0.39 is 0 Å². The van der Waals surface area contributed by atoms with Crippen LogP contribution in [-0.4, -0.2) is 17.6 Å². The first-order chi connectivity index (χ1) is 15.2. The molecule has 1 fully saturated rings. The fourth-order valence-corrected chi connectivity index (χ4v) is 6.93. The number of hydrogen-bond donors (Lipinski definition) is 2. The number of rotatable bonds is 2. The van der Waals surface area contributed by atoms with Gasteiger partial charge in [0.2, 0.25) is 0 Å². The van der Waals surface area contributed by atoms with Gasteiger partial charge >= 0.3 is 0 Å². The summed E-state index contributed by atoms with van der Waals surface area (Å²) in [6.45, 7) is 4.39. The average molecular weight is 440 g/mol. The van der Waals surface area contributed by atoms with Crippen molar-refractivity contribution in [3.05, 3.63) is 71.8 Å². The van der Waals surface area contributed by atoms with Crippen LogP contribution in [0.4, 0.5) is 0 Å². The molecule has 1 saturated heterocycles. The predicted molar refractivity (Wildman–Crippen MR) is 132 cm³/mol. The van der Waals surface area contributed by atoms with E-state index in [2.05, 4.69) is 60.7 Å². The van der Waals surface area contributed by atoms with Crippen molar-refractivity contribution in [2.45, 2.75) is 25.9 Å². The lowest BCUT2D eigenvalue weighted by molar-refractivity contribution is -0.942. The minimum atomic E-state index is 0.591. The van der Waals surface area contributed by atoms with Gasteiger partial charge in [-0.15, -0.1) is 0 Å². The number of nitrogens with one attached hydrogen (secondary N) is 2. The molecule has 0 amide bonds. The molecule has 0 bridgehead atoms. The highest BCUT2D eigenvalue weighted by molar-refractivity contribution is 7.35. The van der Waals surface area contributed by atoms with E-state index in [1.54, 1.807) is 0 Å². The lowest BCUT2D eigenvalue weighted by Gasteiger charge is -2.34. The van der Waals surface area contributed by atoms with Gasteiger partial charge in [0.25, 0.3) is 0 Å². The summed E-state index contributed by atoms with van der Waals surface area (Å²) in [6.07, 6.45) is 2.54. The van der Waals surface area contributed by atoms with Gasteiger partial charge in [-0.2, -0.15) is 0 Å². The maximum absolute atomic E-state index is 8.35. The van der Waals surface area contributed by atoms with E-state index in [9.17, 15) is 0 Å². The average Bonchev–Trinajstić information content (AvgIpc) is 3.19. The first kappa shape index (κ1) is 19.3. The van der Waals surface area contributed by atoms with E-state index in [1.807, 2.05) is 0 Å². The first-order valence-electron chi connectivity index (χ1n) is 10.9. The molecule has 4 aromatic rings. The van der Waals surface area contributed by atoms with Gasteiger partial charge in [-0.25, -0.2) is 0 Å². The van der Waals surface area contributed by atoms with Crippen molar-refractivity contribution in [1.82, 2.24) is 0 Å². The van der Waals surface area contributed by atoms with E-state index in [0.717, 1.165) is 28.2 Å². The molecular formula is C26H24N3P2+. The molecule has 4 aromatic carbocycles. The fraction of sp³-hybridized carbons (Fsp3) is 0.231. The minimum Gasteiger partial charge on any atom is -0.316 e. The van der Waals surface area contributed by atoms with Crippen LogP contribution in [0, 0.1) is 10.3 Å². The Morgan fingerprint density at radius 3 is 1.55 bits per heavy atom. The molecule has 2 heterocycles. The third kappa shape index (κ3) is 2.92. The van der Waals surface area contributed by atoms with E-state index in [0.29, 0.717) is 16.7 Å². The van der Waals surface area contributed by atoms with Gasteiger partial charge in [0.15, 0.2) is 0 Å². The summed E-state index contributed by atoms with van der Waals surface area (Å²) >= 11 is 0. The van der Waals surface area contributed by atoms with Crippen molar-refractivity contribution >= 4 is 48.9 Å². The molecule has 6 rings (SSSR count).